The highest BCUT2D eigenvalue weighted by Gasteiger charge is 2.36. The SMILES string of the molecule is O=C(c1ccc(Cl)cc1)N1CC(c2nc(-c3cccc(C(F)(F)F)c3)no2)C1. The van der Waals surface area contributed by atoms with Gasteiger partial charge in [-0.1, -0.05) is 28.9 Å². The quantitative estimate of drug-likeness (QED) is 0.634. The molecule has 2 aromatic carbocycles. The average Bonchev–Trinajstić information content (AvgIpc) is 3.10. The summed E-state index contributed by atoms with van der Waals surface area (Å²) in [5.41, 5.74) is -0.0315. The smallest absolute Gasteiger partial charge is 0.339 e. The Bertz CT molecular complexity index is 1010. The number of rotatable bonds is 3. The lowest BCUT2D eigenvalue weighted by Crippen LogP contribution is -2.48. The van der Waals surface area contributed by atoms with Gasteiger partial charge < -0.3 is 9.42 Å². The second-order valence-electron chi connectivity index (χ2n) is 6.45. The first-order valence-corrected chi connectivity index (χ1v) is 8.75. The second kappa shape index (κ2) is 6.94. The Balaban J connectivity index is 1.44. The molecule has 0 N–H and O–H groups in total. The van der Waals surface area contributed by atoms with Crippen molar-refractivity contribution in [2.75, 3.05) is 13.1 Å². The molecule has 5 nitrogen and oxygen atoms in total. The van der Waals surface area contributed by atoms with E-state index in [9.17, 15) is 18.0 Å². The molecule has 0 aliphatic carbocycles. The number of nitrogens with zero attached hydrogens (tertiary/aromatic N) is 3. The van der Waals surface area contributed by atoms with E-state index in [2.05, 4.69) is 10.1 Å². The lowest BCUT2D eigenvalue weighted by atomic mass is 9.98. The number of amides is 1. The molecule has 3 aromatic rings. The van der Waals surface area contributed by atoms with Crippen LogP contribution in [0.1, 0.15) is 27.7 Å². The minimum absolute atomic E-state index is 0.0866. The van der Waals surface area contributed by atoms with Crippen LogP contribution in [0.2, 0.25) is 5.02 Å². The van der Waals surface area contributed by atoms with E-state index in [1.165, 1.54) is 12.1 Å². The van der Waals surface area contributed by atoms with E-state index in [0.29, 0.717) is 29.6 Å². The molecule has 1 saturated heterocycles. The summed E-state index contributed by atoms with van der Waals surface area (Å²) >= 11 is 5.82. The van der Waals surface area contributed by atoms with Crippen LogP contribution in [-0.2, 0) is 6.18 Å². The van der Waals surface area contributed by atoms with Crippen LogP contribution >= 0.6 is 11.6 Å². The third-order valence-corrected chi connectivity index (χ3v) is 4.75. The van der Waals surface area contributed by atoms with Crippen molar-refractivity contribution >= 4 is 17.5 Å². The Hall–Kier alpha value is -2.87. The molecular weight excluding hydrogens is 395 g/mol. The summed E-state index contributed by atoms with van der Waals surface area (Å²) in [4.78, 5) is 18.2. The fourth-order valence-electron chi connectivity index (χ4n) is 2.93. The average molecular weight is 408 g/mol. The molecule has 0 spiro atoms. The maximum Gasteiger partial charge on any atom is 0.416 e. The summed E-state index contributed by atoms with van der Waals surface area (Å²) in [5.74, 6) is 0.102. The molecule has 1 aliphatic rings. The zero-order valence-corrected chi connectivity index (χ0v) is 15.0. The van der Waals surface area contributed by atoms with Crippen molar-refractivity contribution in [1.82, 2.24) is 15.0 Å². The van der Waals surface area contributed by atoms with Crippen LogP contribution < -0.4 is 0 Å². The minimum atomic E-state index is -4.45. The number of hydrogen-bond donors (Lipinski definition) is 0. The van der Waals surface area contributed by atoms with Gasteiger partial charge in [0.15, 0.2) is 0 Å². The Morgan fingerprint density at radius 2 is 1.86 bits per heavy atom. The number of halogens is 4. The maximum atomic E-state index is 12.9. The molecular formula is C19H13ClF3N3O2. The van der Waals surface area contributed by atoms with Gasteiger partial charge in [0.05, 0.1) is 11.5 Å². The molecule has 1 aromatic heterocycles. The third kappa shape index (κ3) is 3.60. The summed E-state index contributed by atoms with van der Waals surface area (Å²) in [7, 11) is 0. The minimum Gasteiger partial charge on any atom is -0.339 e. The van der Waals surface area contributed by atoms with Gasteiger partial charge in [0.25, 0.3) is 5.91 Å². The molecule has 4 rings (SSSR count). The molecule has 1 amide bonds. The molecule has 0 unspecified atom stereocenters. The van der Waals surface area contributed by atoms with Gasteiger partial charge in [0.2, 0.25) is 11.7 Å². The fourth-order valence-corrected chi connectivity index (χ4v) is 3.05. The highest BCUT2D eigenvalue weighted by atomic mass is 35.5. The van der Waals surface area contributed by atoms with Crippen LogP contribution in [0, 0.1) is 0 Å². The van der Waals surface area contributed by atoms with E-state index in [0.717, 1.165) is 12.1 Å². The normalized spacial score (nSPS) is 14.8. The lowest BCUT2D eigenvalue weighted by molar-refractivity contribution is -0.137. The Morgan fingerprint density at radius 3 is 2.54 bits per heavy atom. The van der Waals surface area contributed by atoms with Gasteiger partial charge in [0.1, 0.15) is 0 Å². The number of aromatic nitrogens is 2. The number of likely N-dealkylation sites (tertiary alicyclic amines) is 1. The van der Waals surface area contributed by atoms with Gasteiger partial charge in [-0.3, -0.25) is 4.79 Å². The van der Waals surface area contributed by atoms with E-state index < -0.39 is 11.7 Å². The van der Waals surface area contributed by atoms with Gasteiger partial charge in [0, 0.05) is 29.2 Å². The van der Waals surface area contributed by atoms with Crippen molar-refractivity contribution in [3.8, 4) is 11.4 Å². The van der Waals surface area contributed by atoms with Crippen LogP contribution in [0.4, 0.5) is 13.2 Å². The first-order chi connectivity index (χ1) is 13.3. The fraction of sp³-hybridized carbons (Fsp3) is 0.211. The van der Waals surface area contributed by atoms with Crippen molar-refractivity contribution in [2.24, 2.45) is 0 Å². The van der Waals surface area contributed by atoms with E-state index in [1.54, 1.807) is 29.2 Å². The topological polar surface area (TPSA) is 59.2 Å². The predicted octanol–water partition coefficient (Wildman–Crippen LogP) is 4.65. The Kier molecular flexibility index (Phi) is 4.58. The predicted molar refractivity (Wildman–Crippen MR) is 94.8 cm³/mol. The Labute approximate surface area is 162 Å². The summed E-state index contributed by atoms with van der Waals surface area (Å²) in [6.45, 7) is 0.789. The van der Waals surface area contributed by atoms with Crippen molar-refractivity contribution in [3.63, 3.8) is 0 Å². The molecule has 144 valence electrons. The van der Waals surface area contributed by atoms with Crippen molar-refractivity contribution in [1.29, 1.82) is 0 Å². The number of carbonyl (C=O) groups is 1. The largest absolute Gasteiger partial charge is 0.416 e. The molecule has 1 fully saturated rings. The van der Waals surface area contributed by atoms with Gasteiger partial charge in [-0.25, -0.2) is 0 Å². The zero-order valence-electron chi connectivity index (χ0n) is 14.3. The summed E-state index contributed by atoms with van der Waals surface area (Å²) in [6, 6.07) is 11.3. The van der Waals surface area contributed by atoms with Crippen LogP contribution in [0.25, 0.3) is 11.4 Å². The summed E-state index contributed by atoms with van der Waals surface area (Å²) in [5, 5.41) is 4.33. The first-order valence-electron chi connectivity index (χ1n) is 8.37. The van der Waals surface area contributed by atoms with Crippen LogP contribution in [0.15, 0.2) is 53.1 Å². The molecule has 9 heteroatoms. The van der Waals surface area contributed by atoms with E-state index in [4.69, 9.17) is 16.1 Å². The first kappa shape index (κ1) is 18.5. The molecule has 0 radical (unpaired) electrons. The number of hydrogen-bond acceptors (Lipinski definition) is 4. The third-order valence-electron chi connectivity index (χ3n) is 4.50. The van der Waals surface area contributed by atoms with Gasteiger partial charge in [-0.05, 0) is 36.4 Å². The van der Waals surface area contributed by atoms with Crippen LogP contribution in [0.3, 0.4) is 0 Å². The van der Waals surface area contributed by atoms with Crippen molar-refractivity contribution < 1.29 is 22.5 Å². The monoisotopic (exact) mass is 407 g/mol. The number of carbonyl (C=O) groups excluding carboxylic acids is 1. The van der Waals surface area contributed by atoms with Gasteiger partial charge in [-0.15, -0.1) is 0 Å². The van der Waals surface area contributed by atoms with E-state index in [1.807, 2.05) is 0 Å². The van der Waals surface area contributed by atoms with Crippen molar-refractivity contribution in [2.45, 2.75) is 12.1 Å². The zero-order chi connectivity index (χ0) is 19.9. The standard InChI is InChI=1S/C19H13ClF3N3O2/c20-15-6-4-11(5-7-15)18(27)26-9-13(10-26)17-24-16(25-28-17)12-2-1-3-14(8-12)19(21,22)23/h1-8,13H,9-10H2. The lowest BCUT2D eigenvalue weighted by Gasteiger charge is -2.37. The maximum absolute atomic E-state index is 12.9. The van der Waals surface area contributed by atoms with Crippen LogP contribution in [-0.4, -0.2) is 34.0 Å². The van der Waals surface area contributed by atoms with Gasteiger partial charge in [-0.2, -0.15) is 18.2 Å². The highest BCUT2D eigenvalue weighted by molar-refractivity contribution is 6.30. The summed E-state index contributed by atoms with van der Waals surface area (Å²) < 4.78 is 43.8. The molecule has 2 heterocycles. The summed E-state index contributed by atoms with van der Waals surface area (Å²) in [6.07, 6.45) is -4.45. The highest BCUT2D eigenvalue weighted by Crippen LogP contribution is 2.33. The number of benzene rings is 2. The van der Waals surface area contributed by atoms with E-state index in [-0.39, 0.29) is 23.2 Å². The van der Waals surface area contributed by atoms with Crippen LogP contribution in [0.5, 0.6) is 0 Å². The van der Waals surface area contributed by atoms with Gasteiger partial charge >= 0.3 is 6.18 Å². The number of alkyl halides is 3. The second-order valence-corrected chi connectivity index (χ2v) is 6.89. The molecule has 0 atom stereocenters. The molecule has 28 heavy (non-hydrogen) atoms. The van der Waals surface area contributed by atoms with Crippen molar-refractivity contribution in [3.05, 3.63) is 70.6 Å². The Morgan fingerprint density at radius 1 is 1.14 bits per heavy atom. The molecule has 0 bridgehead atoms. The van der Waals surface area contributed by atoms with E-state index >= 15 is 0 Å². The molecule has 0 saturated carbocycles. The molecule has 1 aliphatic heterocycles.